The van der Waals surface area contributed by atoms with E-state index in [4.69, 9.17) is 9.47 Å². The number of hydrogen-bond donors (Lipinski definition) is 1. The van der Waals surface area contributed by atoms with Crippen molar-refractivity contribution >= 4 is 57.9 Å². The molecule has 3 aromatic carbocycles. The number of nitro groups is 1. The number of amides is 3. The Morgan fingerprint density at radius 1 is 0.978 bits per heavy atom. The number of fused-ring (bicyclic) bond motifs is 2. The smallest absolute Gasteiger partial charge is 0.308 e. The summed E-state index contributed by atoms with van der Waals surface area (Å²) in [5, 5.41) is 13.2. The fraction of sp³-hybridized carbons (Fsp3) is 0.200. The minimum Gasteiger partial charge on any atom is -0.493 e. The number of non-ortho nitro benzene ring substituents is 1. The van der Waals surface area contributed by atoms with E-state index in [-0.39, 0.29) is 17.9 Å². The van der Waals surface area contributed by atoms with Crippen LogP contribution >= 0.6 is 23.1 Å². The molecule has 4 aromatic rings. The summed E-state index contributed by atoms with van der Waals surface area (Å²) in [5.41, 5.74) is 0.902. The number of nitro benzene ring substituents is 1. The number of ether oxygens (including phenoxy) is 2. The third-order valence-electron chi connectivity index (χ3n) is 7.56. The molecule has 6 rings (SSSR count). The number of carbonyl (C=O) groups is 3. The molecule has 0 spiro atoms. The highest BCUT2D eigenvalue weighted by molar-refractivity contribution is 8.00. The Morgan fingerprint density at radius 2 is 1.67 bits per heavy atom. The number of nitrogens with one attached hydrogen (secondary N) is 1. The molecule has 3 atom stereocenters. The van der Waals surface area contributed by atoms with Gasteiger partial charge in [-0.3, -0.25) is 33.9 Å². The second-order valence-electron chi connectivity index (χ2n) is 10.1. The normalized spacial score (nSPS) is 18.7. The van der Waals surface area contributed by atoms with Crippen LogP contribution in [0.5, 0.6) is 11.5 Å². The van der Waals surface area contributed by atoms with E-state index in [9.17, 15) is 33.7 Å². The van der Waals surface area contributed by atoms with Crippen LogP contribution < -0.4 is 24.6 Å². The van der Waals surface area contributed by atoms with Gasteiger partial charge >= 0.3 is 4.87 Å². The average molecular weight is 651 g/mol. The van der Waals surface area contributed by atoms with Crippen LogP contribution in [0.2, 0.25) is 0 Å². The van der Waals surface area contributed by atoms with E-state index >= 15 is 0 Å². The van der Waals surface area contributed by atoms with Crippen molar-refractivity contribution in [2.75, 3.05) is 24.4 Å². The van der Waals surface area contributed by atoms with Crippen molar-refractivity contribution in [3.05, 3.63) is 103 Å². The highest BCUT2D eigenvalue weighted by atomic mass is 32.2. The summed E-state index contributed by atoms with van der Waals surface area (Å²) in [5.74, 6) is -3.00. The predicted molar refractivity (Wildman–Crippen MR) is 164 cm³/mol. The average Bonchev–Trinajstić information content (AvgIpc) is 3.47. The van der Waals surface area contributed by atoms with Crippen molar-refractivity contribution in [1.82, 2.24) is 4.57 Å². The van der Waals surface area contributed by atoms with Gasteiger partial charge in [-0.05, 0) is 54.1 Å². The zero-order valence-electron chi connectivity index (χ0n) is 23.6. The molecule has 3 amide bonds. The lowest BCUT2D eigenvalue weighted by Crippen LogP contribution is -2.33. The van der Waals surface area contributed by atoms with Gasteiger partial charge in [0, 0.05) is 28.6 Å². The van der Waals surface area contributed by atoms with Gasteiger partial charge in [0.05, 0.1) is 35.8 Å². The van der Waals surface area contributed by atoms with Gasteiger partial charge in [-0.1, -0.05) is 29.2 Å². The summed E-state index contributed by atoms with van der Waals surface area (Å²) in [6, 6.07) is 15.3. The number of hydrogen-bond acceptors (Lipinski definition) is 10. The Bertz CT molecular complexity index is 1910. The standard InChI is InChI=1S/C30H23FN4O8S2/c1-42-20-12-3-15(13-21(20)43-2)23-24-25(28(38)34(27(24)37)18-8-10-19(11-9-18)35(40)41)44-29-26(23)45-30(39)33(29)14-22(36)32-17-6-4-16(31)5-7-17/h3-13,23-25H,14H2,1-2H3,(H,32,36)/t23-,24?,25?/m0/s1. The Kier molecular flexibility index (Phi) is 7.88. The Hall–Kier alpha value is -5.02. The van der Waals surface area contributed by atoms with E-state index in [1.165, 1.54) is 67.3 Å². The highest BCUT2D eigenvalue weighted by Gasteiger charge is 2.57. The minimum absolute atomic E-state index is 0.177. The van der Waals surface area contributed by atoms with Crippen LogP contribution in [0, 0.1) is 21.8 Å². The number of imide groups is 1. The van der Waals surface area contributed by atoms with Gasteiger partial charge in [0.25, 0.3) is 5.69 Å². The number of nitrogens with zero attached hydrogens (tertiary/aromatic N) is 3. The van der Waals surface area contributed by atoms with E-state index < -0.39 is 50.4 Å². The van der Waals surface area contributed by atoms with Crippen LogP contribution in [-0.4, -0.2) is 46.7 Å². The lowest BCUT2D eigenvalue weighted by Gasteiger charge is -2.31. The topological polar surface area (TPSA) is 150 Å². The summed E-state index contributed by atoms with van der Waals surface area (Å²) in [7, 11) is 2.94. The number of carbonyl (C=O) groups excluding carboxylic acids is 3. The Balaban J connectivity index is 1.43. The number of benzene rings is 3. The molecule has 230 valence electrons. The van der Waals surface area contributed by atoms with Crippen LogP contribution in [0.3, 0.4) is 0 Å². The summed E-state index contributed by atoms with van der Waals surface area (Å²) < 4.78 is 25.5. The van der Waals surface area contributed by atoms with Gasteiger partial charge in [-0.15, -0.1) is 0 Å². The molecule has 1 N–H and O–H groups in total. The zero-order chi connectivity index (χ0) is 32.0. The van der Waals surface area contributed by atoms with Crippen molar-refractivity contribution in [1.29, 1.82) is 0 Å². The Labute approximate surface area is 262 Å². The monoisotopic (exact) mass is 650 g/mol. The molecule has 0 radical (unpaired) electrons. The largest absolute Gasteiger partial charge is 0.493 e. The molecule has 0 bridgehead atoms. The third kappa shape index (κ3) is 5.33. The van der Waals surface area contributed by atoms with E-state index in [1.807, 2.05) is 0 Å². The van der Waals surface area contributed by atoms with Gasteiger partial charge in [0.1, 0.15) is 17.6 Å². The molecular formula is C30H23FN4O8S2. The van der Waals surface area contributed by atoms with E-state index in [2.05, 4.69) is 5.32 Å². The van der Waals surface area contributed by atoms with Crippen molar-refractivity contribution in [3.63, 3.8) is 0 Å². The number of thiazole rings is 1. The van der Waals surface area contributed by atoms with Gasteiger partial charge in [0.2, 0.25) is 17.7 Å². The van der Waals surface area contributed by atoms with Gasteiger partial charge in [0.15, 0.2) is 11.5 Å². The molecule has 1 fully saturated rings. The zero-order valence-corrected chi connectivity index (χ0v) is 25.2. The fourth-order valence-corrected chi connectivity index (χ4v) is 8.29. The number of rotatable bonds is 8. The van der Waals surface area contributed by atoms with Crippen molar-refractivity contribution in [3.8, 4) is 11.5 Å². The number of methoxy groups -OCH3 is 2. The second kappa shape index (κ2) is 11.8. The first-order valence-corrected chi connectivity index (χ1v) is 15.1. The van der Waals surface area contributed by atoms with Crippen LogP contribution in [0.4, 0.5) is 21.5 Å². The highest BCUT2D eigenvalue weighted by Crippen LogP contribution is 2.54. The van der Waals surface area contributed by atoms with E-state index in [0.29, 0.717) is 32.7 Å². The summed E-state index contributed by atoms with van der Waals surface area (Å²) in [6.45, 7) is -0.390. The van der Waals surface area contributed by atoms with Gasteiger partial charge in [-0.25, -0.2) is 9.29 Å². The van der Waals surface area contributed by atoms with Crippen molar-refractivity contribution in [2.24, 2.45) is 5.92 Å². The van der Waals surface area contributed by atoms with Crippen LogP contribution in [0.1, 0.15) is 16.4 Å². The van der Waals surface area contributed by atoms with E-state index in [0.717, 1.165) is 28.0 Å². The molecule has 0 aliphatic carbocycles. The van der Waals surface area contributed by atoms with Crippen LogP contribution in [0.25, 0.3) is 0 Å². The molecule has 12 nitrogen and oxygen atoms in total. The SMILES string of the molecule is COc1ccc([C@@H]2c3sc(=O)n(CC(=O)Nc4ccc(F)cc4)c3SC3C(=O)N(c4ccc([N+](=O)[O-])cc4)C(=O)C32)cc1OC. The molecular weight excluding hydrogens is 627 g/mol. The lowest BCUT2D eigenvalue weighted by molar-refractivity contribution is -0.384. The first-order valence-electron chi connectivity index (χ1n) is 13.4. The number of aromatic nitrogens is 1. The Morgan fingerprint density at radius 3 is 2.31 bits per heavy atom. The molecule has 15 heteroatoms. The summed E-state index contributed by atoms with van der Waals surface area (Å²) in [4.78, 5) is 66.0. The maximum Gasteiger partial charge on any atom is 0.308 e. The van der Waals surface area contributed by atoms with E-state index in [1.54, 1.807) is 18.2 Å². The predicted octanol–water partition coefficient (Wildman–Crippen LogP) is 4.41. The van der Waals surface area contributed by atoms with Crippen molar-refractivity contribution < 1.29 is 33.2 Å². The maximum absolute atomic E-state index is 14.1. The van der Waals surface area contributed by atoms with Gasteiger partial charge < -0.3 is 14.8 Å². The lowest BCUT2D eigenvalue weighted by atomic mass is 9.83. The van der Waals surface area contributed by atoms with Crippen LogP contribution in [-0.2, 0) is 20.9 Å². The number of halogens is 1. The molecule has 2 unspecified atom stereocenters. The molecule has 3 heterocycles. The number of thioether (sulfide) groups is 1. The molecule has 2 aliphatic heterocycles. The molecule has 45 heavy (non-hydrogen) atoms. The molecule has 1 aromatic heterocycles. The quantitative estimate of drug-likeness (QED) is 0.166. The molecule has 1 saturated heterocycles. The van der Waals surface area contributed by atoms with Crippen LogP contribution in [0.15, 0.2) is 76.6 Å². The number of anilines is 2. The van der Waals surface area contributed by atoms with Gasteiger partial charge in [-0.2, -0.15) is 0 Å². The first-order chi connectivity index (χ1) is 21.6. The van der Waals surface area contributed by atoms with Crippen molar-refractivity contribution in [2.45, 2.75) is 22.7 Å². The minimum atomic E-state index is -0.973. The first kappa shape index (κ1) is 30.0. The summed E-state index contributed by atoms with van der Waals surface area (Å²) >= 11 is 1.90. The molecule has 2 aliphatic rings. The maximum atomic E-state index is 14.1. The molecule has 0 saturated carbocycles. The summed E-state index contributed by atoms with van der Waals surface area (Å²) in [6.07, 6.45) is 0. The third-order valence-corrected chi connectivity index (χ3v) is 10.2. The second-order valence-corrected chi connectivity index (χ2v) is 12.2. The fourth-order valence-electron chi connectivity index (χ4n) is 5.52.